The fraction of sp³-hybridized carbons (Fsp3) is 0.412. The Labute approximate surface area is 274 Å². The lowest BCUT2D eigenvalue weighted by Crippen LogP contribution is -2.50. The van der Waals surface area contributed by atoms with Gasteiger partial charge in [-0.15, -0.1) is 5.10 Å². The summed E-state index contributed by atoms with van der Waals surface area (Å²) in [6.07, 6.45) is 3.51. The molecule has 0 aliphatic carbocycles. The van der Waals surface area contributed by atoms with E-state index in [0.29, 0.717) is 50.6 Å². The average Bonchev–Trinajstić information content (AvgIpc) is 3.67. The van der Waals surface area contributed by atoms with Crippen LogP contribution in [-0.2, 0) is 35.5 Å². The quantitative estimate of drug-likeness (QED) is 0.327. The molecule has 0 spiro atoms. The lowest BCUT2D eigenvalue weighted by Gasteiger charge is -2.24. The van der Waals surface area contributed by atoms with Crippen LogP contribution < -0.4 is 20.1 Å². The molecular weight excluding hydrogens is 600 g/mol. The van der Waals surface area contributed by atoms with E-state index in [0.717, 1.165) is 22.6 Å². The van der Waals surface area contributed by atoms with Crippen molar-refractivity contribution in [1.82, 2.24) is 40.3 Å². The number of para-hydroxylation sites is 1. The maximum Gasteiger partial charge on any atom is 0.255 e. The molecule has 0 saturated heterocycles. The highest BCUT2D eigenvalue weighted by molar-refractivity contribution is 6.00. The number of aromatic nitrogens is 5. The minimum Gasteiger partial charge on any atom is -0.493 e. The molecule has 1 aliphatic heterocycles. The summed E-state index contributed by atoms with van der Waals surface area (Å²) in [7, 11) is 1.52. The van der Waals surface area contributed by atoms with Crippen molar-refractivity contribution in [2.75, 3.05) is 33.4 Å². The van der Waals surface area contributed by atoms with Crippen molar-refractivity contribution in [3.63, 3.8) is 0 Å². The zero-order valence-electron chi connectivity index (χ0n) is 27.1. The molecule has 0 fully saturated rings. The largest absolute Gasteiger partial charge is 0.493 e. The third-order valence-electron chi connectivity index (χ3n) is 8.02. The standard InChI is InChI=1S/C34H42N8O5/c1-24-21-25(2)42(38-24)18-14-31(43)40-17-13-27-23-41(39-37-27)16-8-20-47-32-28(11-7-12-30(32)46-3)33(44)36-29(34(45)35-15-19-40)22-26-9-5-4-6-10-26/h4-7,9-12,21,23,29H,8,13-20,22H2,1-3H3,(H,35,45)(H,36,44)/t29-/m0/s1. The summed E-state index contributed by atoms with van der Waals surface area (Å²) in [5.74, 6) is -0.156. The van der Waals surface area contributed by atoms with Gasteiger partial charge in [0.25, 0.3) is 5.91 Å². The predicted octanol–water partition coefficient (Wildman–Crippen LogP) is 2.50. The Morgan fingerprint density at radius 2 is 1.89 bits per heavy atom. The molecule has 4 aromatic rings. The van der Waals surface area contributed by atoms with Crippen molar-refractivity contribution in [1.29, 1.82) is 0 Å². The first kappa shape index (κ1) is 33.2. The molecule has 13 heteroatoms. The molecule has 2 N–H and O–H groups in total. The van der Waals surface area contributed by atoms with Crippen molar-refractivity contribution in [3.8, 4) is 11.5 Å². The summed E-state index contributed by atoms with van der Waals surface area (Å²) in [5, 5.41) is 18.9. The summed E-state index contributed by atoms with van der Waals surface area (Å²) in [4.78, 5) is 42.5. The number of aryl methyl sites for hydroxylation is 4. The molecule has 5 rings (SSSR count). The Morgan fingerprint density at radius 3 is 2.66 bits per heavy atom. The zero-order valence-corrected chi connectivity index (χ0v) is 27.1. The number of rotatable bonds is 6. The van der Waals surface area contributed by atoms with E-state index in [1.54, 1.807) is 27.8 Å². The van der Waals surface area contributed by atoms with Crippen LogP contribution in [0.5, 0.6) is 11.5 Å². The number of hydrogen-bond donors (Lipinski definition) is 2. The number of nitrogens with one attached hydrogen (secondary N) is 2. The smallest absolute Gasteiger partial charge is 0.255 e. The molecule has 3 heterocycles. The van der Waals surface area contributed by atoms with Gasteiger partial charge in [0.15, 0.2) is 11.5 Å². The highest BCUT2D eigenvalue weighted by Crippen LogP contribution is 2.31. The van der Waals surface area contributed by atoms with Crippen LogP contribution in [0.15, 0.2) is 60.8 Å². The van der Waals surface area contributed by atoms with Gasteiger partial charge in [-0.3, -0.25) is 23.7 Å². The molecule has 1 aliphatic rings. The summed E-state index contributed by atoms with van der Waals surface area (Å²) >= 11 is 0. The second-order valence-corrected chi connectivity index (χ2v) is 11.5. The molecule has 2 aromatic heterocycles. The molecule has 1 atom stereocenters. The maximum absolute atomic E-state index is 13.7. The number of ether oxygens (including phenoxy) is 2. The van der Waals surface area contributed by atoms with Crippen LogP contribution in [0.4, 0.5) is 0 Å². The van der Waals surface area contributed by atoms with Crippen molar-refractivity contribution in [3.05, 3.63) is 89.0 Å². The van der Waals surface area contributed by atoms with Gasteiger partial charge in [0.2, 0.25) is 11.8 Å². The van der Waals surface area contributed by atoms with Crippen LogP contribution in [0.2, 0.25) is 0 Å². The van der Waals surface area contributed by atoms with Gasteiger partial charge in [0.05, 0.1) is 30.7 Å². The summed E-state index contributed by atoms with van der Waals surface area (Å²) < 4.78 is 15.2. The molecule has 2 bridgehead atoms. The van der Waals surface area contributed by atoms with Crippen molar-refractivity contribution < 1.29 is 23.9 Å². The molecule has 13 nitrogen and oxygen atoms in total. The molecule has 0 saturated carbocycles. The number of carbonyl (C=O) groups is 3. The lowest BCUT2D eigenvalue weighted by molar-refractivity contribution is -0.132. The number of amides is 3. The Hall–Kier alpha value is -5.20. The second-order valence-electron chi connectivity index (χ2n) is 11.5. The van der Waals surface area contributed by atoms with E-state index in [1.165, 1.54) is 7.11 Å². The number of fused-ring (bicyclic) bond motifs is 3. The molecule has 248 valence electrons. The molecule has 0 radical (unpaired) electrons. The van der Waals surface area contributed by atoms with E-state index in [-0.39, 0.29) is 43.3 Å². The Bertz CT molecular complexity index is 1670. The number of methoxy groups -OCH3 is 1. The minimum absolute atomic E-state index is 0.0538. The van der Waals surface area contributed by atoms with Gasteiger partial charge >= 0.3 is 0 Å². The van der Waals surface area contributed by atoms with Crippen LogP contribution >= 0.6 is 0 Å². The molecule has 47 heavy (non-hydrogen) atoms. The first-order valence-electron chi connectivity index (χ1n) is 15.9. The zero-order chi connectivity index (χ0) is 33.2. The Kier molecular flexibility index (Phi) is 11.2. The van der Waals surface area contributed by atoms with Crippen LogP contribution in [0.3, 0.4) is 0 Å². The van der Waals surface area contributed by atoms with Gasteiger partial charge in [-0.1, -0.05) is 41.6 Å². The summed E-state index contributed by atoms with van der Waals surface area (Å²) in [5.41, 5.74) is 3.80. The third-order valence-corrected chi connectivity index (χ3v) is 8.02. The van der Waals surface area contributed by atoms with Crippen LogP contribution in [-0.4, -0.2) is 86.8 Å². The molecule has 3 amide bonds. The van der Waals surface area contributed by atoms with E-state index < -0.39 is 11.9 Å². The number of hydrogen-bond acceptors (Lipinski definition) is 8. The maximum atomic E-state index is 13.7. The van der Waals surface area contributed by atoms with E-state index in [9.17, 15) is 14.4 Å². The highest BCUT2D eigenvalue weighted by atomic mass is 16.5. The Morgan fingerprint density at radius 1 is 1.06 bits per heavy atom. The van der Waals surface area contributed by atoms with Crippen LogP contribution in [0.25, 0.3) is 0 Å². The topological polar surface area (TPSA) is 146 Å². The number of benzene rings is 2. The van der Waals surface area contributed by atoms with Gasteiger partial charge < -0.3 is 25.0 Å². The van der Waals surface area contributed by atoms with Gasteiger partial charge in [-0.05, 0) is 37.6 Å². The van der Waals surface area contributed by atoms with E-state index in [4.69, 9.17) is 9.47 Å². The van der Waals surface area contributed by atoms with Gasteiger partial charge in [-0.25, -0.2) is 0 Å². The SMILES string of the molecule is COc1cccc2c1OCCCn1cc(nn1)CCN(C(=O)CCn1nc(C)cc1C)CCNC(=O)[C@H](Cc1ccccc1)NC2=O. The predicted molar refractivity (Wildman–Crippen MR) is 174 cm³/mol. The average molecular weight is 643 g/mol. The first-order chi connectivity index (χ1) is 22.8. The van der Waals surface area contributed by atoms with Crippen molar-refractivity contribution in [2.45, 2.75) is 58.7 Å². The summed E-state index contributed by atoms with van der Waals surface area (Å²) in [6.45, 7) is 6.08. The number of carbonyl (C=O) groups excluding carboxylic acids is 3. The van der Waals surface area contributed by atoms with E-state index in [1.807, 2.05) is 61.1 Å². The lowest BCUT2D eigenvalue weighted by atomic mass is 10.0. The van der Waals surface area contributed by atoms with Gasteiger partial charge in [0.1, 0.15) is 6.04 Å². The minimum atomic E-state index is -0.879. The molecule has 0 unspecified atom stereocenters. The normalized spacial score (nSPS) is 16.5. The molecule has 2 aromatic carbocycles. The Balaban J connectivity index is 1.37. The van der Waals surface area contributed by atoms with Gasteiger partial charge in [-0.2, -0.15) is 5.10 Å². The van der Waals surface area contributed by atoms with Gasteiger partial charge in [0, 0.05) is 70.3 Å². The monoisotopic (exact) mass is 642 g/mol. The molecular formula is C34H42N8O5. The van der Waals surface area contributed by atoms with E-state index >= 15 is 0 Å². The van der Waals surface area contributed by atoms with Crippen LogP contribution in [0.1, 0.15) is 45.8 Å². The van der Waals surface area contributed by atoms with Crippen molar-refractivity contribution >= 4 is 17.7 Å². The summed E-state index contributed by atoms with van der Waals surface area (Å²) in [6, 6.07) is 15.7. The fourth-order valence-electron chi connectivity index (χ4n) is 5.57. The van der Waals surface area contributed by atoms with Crippen LogP contribution in [0, 0.1) is 13.8 Å². The second kappa shape index (κ2) is 15.9. The van der Waals surface area contributed by atoms with Crippen molar-refractivity contribution in [2.24, 2.45) is 0 Å². The fourth-order valence-corrected chi connectivity index (χ4v) is 5.57. The first-order valence-corrected chi connectivity index (χ1v) is 15.9. The van der Waals surface area contributed by atoms with E-state index in [2.05, 4.69) is 26.0 Å². The highest BCUT2D eigenvalue weighted by Gasteiger charge is 2.25. The number of nitrogens with zero attached hydrogens (tertiary/aromatic N) is 6. The third kappa shape index (κ3) is 8.96.